The predicted octanol–water partition coefficient (Wildman–Crippen LogP) is 3.26. The van der Waals surface area contributed by atoms with Crippen molar-refractivity contribution in [2.75, 3.05) is 16.8 Å². The van der Waals surface area contributed by atoms with Crippen LogP contribution in [0.15, 0.2) is 71.2 Å². The first-order valence-corrected chi connectivity index (χ1v) is 10.0. The highest BCUT2D eigenvalue weighted by atomic mass is 19.1. The molecule has 2 aromatic rings. The maximum Gasteiger partial charge on any atom is 0.247 e. The molecule has 1 aliphatic carbocycles. The van der Waals surface area contributed by atoms with E-state index in [2.05, 4.69) is 6.07 Å². The van der Waals surface area contributed by atoms with E-state index in [1.807, 2.05) is 0 Å². The number of para-hydroxylation sites is 1. The lowest BCUT2D eigenvalue weighted by molar-refractivity contribution is -0.124. The minimum absolute atomic E-state index is 0.00689. The number of carbonyl (C=O) groups is 2. The van der Waals surface area contributed by atoms with Gasteiger partial charge in [-0.25, -0.2) is 4.39 Å². The Balaban J connectivity index is 1.91. The average molecular weight is 414 g/mol. The Kier molecular flexibility index (Phi) is 4.02. The lowest BCUT2D eigenvalue weighted by atomic mass is 9.64. The summed E-state index contributed by atoms with van der Waals surface area (Å²) in [7, 11) is 1.63. The summed E-state index contributed by atoms with van der Waals surface area (Å²) in [4.78, 5) is 30.2. The smallest absolute Gasteiger partial charge is 0.247 e. The predicted molar refractivity (Wildman–Crippen MR) is 113 cm³/mol. The molecule has 2 N–H and O–H groups in total. The lowest BCUT2D eigenvalue weighted by Crippen LogP contribution is -2.52. The second kappa shape index (κ2) is 6.54. The SMILES string of the molecule is CN1C(=O)[C@@]2(C(C#N)=C(N)N(c3cccc(F)c3)C3=C2C(=O)CCC3)c2ccccc21. The Morgan fingerprint density at radius 3 is 2.65 bits per heavy atom. The number of allylic oxidation sites excluding steroid dienone is 1. The van der Waals surface area contributed by atoms with Crippen LogP contribution in [-0.4, -0.2) is 18.7 Å². The zero-order valence-corrected chi connectivity index (χ0v) is 16.9. The Bertz CT molecular complexity index is 1270. The summed E-state index contributed by atoms with van der Waals surface area (Å²) in [6.45, 7) is 0. The van der Waals surface area contributed by atoms with Crippen LogP contribution in [0.2, 0.25) is 0 Å². The number of hydrogen-bond acceptors (Lipinski definition) is 5. The number of Topliss-reactive ketones (excluding diaryl/α,β-unsaturated/α-hetero) is 1. The molecule has 1 atom stereocenters. The largest absolute Gasteiger partial charge is 0.384 e. The van der Waals surface area contributed by atoms with Crippen molar-refractivity contribution >= 4 is 23.1 Å². The van der Waals surface area contributed by atoms with Crippen molar-refractivity contribution in [3.05, 3.63) is 82.6 Å². The number of benzene rings is 2. The number of amides is 1. The van der Waals surface area contributed by atoms with Gasteiger partial charge in [-0.1, -0.05) is 24.3 Å². The number of halogens is 1. The second-order valence-corrected chi connectivity index (χ2v) is 7.92. The minimum Gasteiger partial charge on any atom is -0.384 e. The number of nitrogens with two attached hydrogens (primary N) is 1. The van der Waals surface area contributed by atoms with Crippen LogP contribution in [0.1, 0.15) is 24.8 Å². The monoisotopic (exact) mass is 414 g/mol. The van der Waals surface area contributed by atoms with E-state index in [-0.39, 0.29) is 35.1 Å². The van der Waals surface area contributed by atoms with Crippen LogP contribution in [-0.2, 0) is 15.0 Å². The molecule has 2 aromatic carbocycles. The van der Waals surface area contributed by atoms with E-state index in [0.717, 1.165) is 0 Å². The zero-order valence-electron chi connectivity index (χ0n) is 16.9. The highest BCUT2D eigenvalue weighted by Gasteiger charge is 2.61. The molecule has 2 aliphatic heterocycles. The van der Waals surface area contributed by atoms with Crippen LogP contribution in [0.25, 0.3) is 0 Å². The molecule has 0 radical (unpaired) electrons. The van der Waals surface area contributed by atoms with Gasteiger partial charge in [0, 0.05) is 36.0 Å². The van der Waals surface area contributed by atoms with Gasteiger partial charge < -0.3 is 10.6 Å². The van der Waals surface area contributed by atoms with Crippen LogP contribution in [0.5, 0.6) is 0 Å². The average Bonchev–Trinajstić information content (AvgIpc) is 2.97. The molecule has 5 rings (SSSR count). The van der Waals surface area contributed by atoms with E-state index in [1.54, 1.807) is 48.3 Å². The van der Waals surface area contributed by atoms with Gasteiger partial charge in [0.1, 0.15) is 23.1 Å². The first-order chi connectivity index (χ1) is 14.9. The van der Waals surface area contributed by atoms with Crippen molar-refractivity contribution < 1.29 is 14.0 Å². The number of fused-ring (bicyclic) bond motifs is 3. The highest BCUT2D eigenvalue weighted by Crippen LogP contribution is 2.56. The van der Waals surface area contributed by atoms with Gasteiger partial charge in [-0.2, -0.15) is 5.26 Å². The molecule has 3 aliphatic rings. The number of likely N-dealkylation sites (N-methyl/N-ethyl adjacent to an activating group) is 1. The van der Waals surface area contributed by atoms with Crippen molar-refractivity contribution in [1.29, 1.82) is 5.26 Å². The summed E-state index contributed by atoms with van der Waals surface area (Å²) in [5, 5.41) is 10.2. The molecule has 0 unspecified atom stereocenters. The molecule has 0 saturated carbocycles. The van der Waals surface area contributed by atoms with E-state index in [0.29, 0.717) is 35.5 Å². The van der Waals surface area contributed by atoms with Gasteiger partial charge in [0.05, 0.1) is 11.3 Å². The lowest BCUT2D eigenvalue weighted by Gasteiger charge is -2.43. The first-order valence-electron chi connectivity index (χ1n) is 10.0. The Morgan fingerprint density at radius 1 is 1.13 bits per heavy atom. The molecular weight excluding hydrogens is 395 g/mol. The van der Waals surface area contributed by atoms with Gasteiger partial charge in [0.2, 0.25) is 5.91 Å². The van der Waals surface area contributed by atoms with Crippen molar-refractivity contribution in [3.63, 3.8) is 0 Å². The fourth-order valence-electron chi connectivity index (χ4n) is 5.14. The van der Waals surface area contributed by atoms with Gasteiger partial charge >= 0.3 is 0 Å². The molecule has 1 amide bonds. The van der Waals surface area contributed by atoms with E-state index in [1.165, 1.54) is 17.0 Å². The zero-order chi connectivity index (χ0) is 21.9. The van der Waals surface area contributed by atoms with Gasteiger partial charge in [-0.15, -0.1) is 0 Å². The molecule has 154 valence electrons. The Hall–Kier alpha value is -3.92. The number of nitrogens with zero attached hydrogens (tertiary/aromatic N) is 3. The first kappa shape index (κ1) is 19.1. The van der Waals surface area contributed by atoms with Crippen LogP contribution in [0, 0.1) is 17.1 Å². The molecule has 31 heavy (non-hydrogen) atoms. The van der Waals surface area contributed by atoms with Crippen molar-refractivity contribution in [3.8, 4) is 6.07 Å². The second-order valence-electron chi connectivity index (χ2n) is 7.92. The number of carbonyl (C=O) groups excluding carboxylic acids is 2. The summed E-state index contributed by atoms with van der Waals surface area (Å²) >= 11 is 0. The third-order valence-electron chi connectivity index (χ3n) is 6.37. The molecule has 6 nitrogen and oxygen atoms in total. The summed E-state index contributed by atoms with van der Waals surface area (Å²) < 4.78 is 14.0. The van der Waals surface area contributed by atoms with Crippen molar-refractivity contribution in [2.45, 2.75) is 24.7 Å². The Labute approximate surface area is 178 Å². The van der Waals surface area contributed by atoms with Gasteiger partial charge in [-0.3, -0.25) is 14.5 Å². The number of ketones is 1. The molecule has 0 bridgehead atoms. The minimum atomic E-state index is -1.58. The molecular formula is C24H19FN4O2. The fraction of sp³-hybridized carbons (Fsp3) is 0.208. The van der Waals surface area contributed by atoms with Crippen LogP contribution in [0.3, 0.4) is 0 Å². The van der Waals surface area contributed by atoms with Crippen LogP contribution >= 0.6 is 0 Å². The molecule has 0 fully saturated rings. The fourth-order valence-corrected chi connectivity index (χ4v) is 5.14. The maximum atomic E-state index is 14.0. The Morgan fingerprint density at radius 2 is 1.90 bits per heavy atom. The summed E-state index contributed by atoms with van der Waals surface area (Å²) in [6, 6.07) is 15.1. The number of nitriles is 1. The van der Waals surface area contributed by atoms with Gasteiger partial charge in [-0.05, 0) is 37.1 Å². The van der Waals surface area contributed by atoms with Crippen LogP contribution in [0.4, 0.5) is 15.8 Å². The summed E-state index contributed by atoms with van der Waals surface area (Å²) in [5.41, 5.74) is 7.39. The van der Waals surface area contributed by atoms with E-state index in [9.17, 15) is 19.2 Å². The van der Waals surface area contributed by atoms with Gasteiger partial charge in [0.25, 0.3) is 0 Å². The molecule has 1 spiro atoms. The van der Waals surface area contributed by atoms with Crippen molar-refractivity contribution in [2.24, 2.45) is 5.73 Å². The van der Waals surface area contributed by atoms with E-state index in [4.69, 9.17) is 5.73 Å². The maximum absolute atomic E-state index is 14.0. The van der Waals surface area contributed by atoms with E-state index < -0.39 is 11.2 Å². The number of anilines is 2. The third kappa shape index (κ3) is 2.30. The highest BCUT2D eigenvalue weighted by molar-refractivity contribution is 6.20. The topological polar surface area (TPSA) is 90.4 Å². The number of hydrogen-bond donors (Lipinski definition) is 1. The summed E-state index contributed by atoms with van der Waals surface area (Å²) in [5.74, 6) is -0.994. The third-order valence-corrected chi connectivity index (χ3v) is 6.37. The molecule has 7 heteroatoms. The van der Waals surface area contributed by atoms with Crippen LogP contribution < -0.4 is 15.5 Å². The summed E-state index contributed by atoms with van der Waals surface area (Å²) in [6.07, 6.45) is 1.34. The van der Waals surface area contributed by atoms with E-state index >= 15 is 0 Å². The van der Waals surface area contributed by atoms with Gasteiger partial charge in [0.15, 0.2) is 5.78 Å². The normalized spacial score (nSPS) is 22.7. The molecule has 0 aromatic heterocycles. The number of rotatable bonds is 1. The standard InChI is InChI=1S/C24H19FN4O2/c1-28-18-9-3-2-8-16(18)24(23(28)31)17(13-26)22(27)29(15-7-4-6-14(25)12-15)19-10-5-11-20(30)21(19)24/h2-4,6-9,12H,5,10-11,27H2,1H3/t24-/m1/s1. The van der Waals surface area contributed by atoms with Crippen molar-refractivity contribution in [1.82, 2.24) is 0 Å². The molecule has 0 saturated heterocycles. The molecule has 2 heterocycles. The quantitative estimate of drug-likeness (QED) is 0.774.